The SMILES string of the molecule is C=C[C@H]1[C@H](C)[C@@H](c2ccccc2)C[C@]1(O)C(=O)OC. The van der Waals surface area contributed by atoms with Crippen LogP contribution in [0.3, 0.4) is 0 Å². The zero-order valence-electron chi connectivity index (χ0n) is 11.4. The number of rotatable bonds is 3. The van der Waals surface area contributed by atoms with Gasteiger partial charge in [-0.1, -0.05) is 43.3 Å². The van der Waals surface area contributed by atoms with E-state index in [1.807, 2.05) is 37.3 Å². The second-order valence-corrected chi connectivity index (χ2v) is 5.26. The Balaban J connectivity index is 2.37. The zero-order valence-corrected chi connectivity index (χ0v) is 11.4. The molecule has 3 nitrogen and oxygen atoms in total. The van der Waals surface area contributed by atoms with Crippen LogP contribution < -0.4 is 0 Å². The van der Waals surface area contributed by atoms with Gasteiger partial charge in [-0.25, -0.2) is 4.79 Å². The van der Waals surface area contributed by atoms with E-state index in [0.717, 1.165) is 5.56 Å². The lowest BCUT2D eigenvalue weighted by molar-refractivity contribution is -0.165. The first-order valence-electron chi connectivity index (χ1n) is 6.53. The van der Waals surface area contributed by atoms with Gasteiger partial charge in [0.2, 0.25) is 0 Å². The molecule has 0 amide bonds. The van der Waals surface area contributed by atoms with Gasteiger partial charge in [-0.15, -0.1) is 6.58 Å². The Morgan fingerprint density at radius 3 is 2.63 bits per heavy atom. The van der Waals surface area contributed by atoms with Gasteiger partial charge in [-0.2, -0.15) is 0 Å². The summed E-state index contributed by atoms with van der Waals surface area (Å²) in [5, 5.41) is 10.7. The normalized spacial score (nSPS) is 33.9. The summed E-state index contributed by atoms with van der Waals surface area (Å²) in [4.78, 5) is 11.9. The number of carbonyl (C=O) groups is 1. The fourth-order valence-electron chi connectivity index (χ4n) is 3.27. The Bertz CT molecular complexity index is 468. The molecule has 2 rings (SSSR count). The number of aliphatic hydroxyl groups is 1. The molecule has 1 aliphatic carbocycles. The molecule has 1 aromatic carbocycles. The molecule has 1 saturated carbocycles. The largest absolute Gasteiger partial charge is 0.467 e. The Morgan fingerprint density at radius 1 is 1.47 bits per heavy atom. The highest BCUT2D eigenvalue weighted by molar-refractivity contribution is 5.80. The zero-order chi connectivity index (χ0) is 14.0. The van der Waals surface area contributed by atoms with Gasteiger partial charge in [0.25, 0.3) is 0 Å². The fraction of sp³-hybridized carbons (Fsp3) is 0.438. The van der Waals surface area contributed by atoms with Gasteiger partial charge in [-0.3, -0.25) is 0 Å². The number of hydrogen-bond acceptors (Lipinski definition) is 3. The maximum atomic E-state index is 11.9. The van der Waals surface area contributed by atoms with E-state index < -0.39 is 11.6 Å². The summed E-state index contributed by atoms with van der Waals surface area (Å²) in [5.74, 6) is -0.579. The van der Waals surface area contributed by atoms with E-state index in [2.05, 4.69) is 6.58 Å². The number of carbonyl (C=O) groups excluding carboxylic acids is 1. The molecule has 0 saturated heterocycles. The van der Waals surface area contributed by atoms with E-state index >= 15 is 0 Å². The van der Waals surface area contributed by atoms with Crippen molar-refractivity contribution in [1.29, 1.82) is 0 Å². The van der Waals surface area contributed by atoms with Crippen molar-refractivity contribution in [2.24, 2.45) is 11.8 Å². The minimum Gasteiger partial charge on any atom is -0.467 e. The monoisotopic (exact) mass is 260 g/mol. The van der Waals surface area contributed by atoms with Gasteiger partial charge < -0.3 is 9.84 Å². The van der Waals surface area contributed by atoms with Crippen LogP contribution in [-0.4, -0.2) is 23.8 Å². The quantitative estimate of drug-likeness (QED) is 0.671. The molecule has 19 heavy (non-hydrogen) atoms. The average Bonchev–Trinajstić information content (AvgIpc) is 2.71. The number of esters is 1. The van der Waals surface area contributed by atoms with Crippen LogP contribution in [0.25, 0.3) is 0 Å². The van der Waals surface area contributed by atoms with E-state index in [4.69, 9.17) is 4.74 Å². The first-order chi connectivity index (χ1) is 9.04. The predicted molar refractivity (Wildman–Crippen MR) is 73.6 cm³/mol. The second-order valence-electron chi connectivity index (χ2n) is 5.26. The Labute approximate surface area is 113 Å². The van der Waals surface area contributed by atoms with E-state index in [1.165, 1.54) is 7.11 Å². The Kier molecular flexibility index (Phi) is 3.76. The standard InChI is InChI=1S/C16H20O3/c1-4-14-11(2)13(12-8-6-5-7-9-12)10-16(14,18)15(17)19-3/h4-9,11,13-14,18H,1,10H2,2-3H3/t11-,13+,14+,16-/m1/s1. The van der Waals surface area contributed by atoms with Crippen molar-refractivity contribution < 1.29 is 14.6 Å². The smallest absolute Gasteiger partial charge is 0.338 e. The van der Waals surface area contributed by atoms with Crippen molar-refractivity contribution >= 4 is 5.97 Å². The molecular formula is C16H20O3. The van der Waals surface area contributed by atoms with Gasteiger partial charge in [0.1, 0.15) is 0 Å². The van der Waals surface area contributed by atoms with Gasteiger partial charge >= 0.3 is 5.97 Å². The van der Waals surface area contributed by atoms with E-state index in [0.29, 0.717) is 6.42 Å². The van der Waals surface area contributed by atoms with Crippen LogP contribution in [0.1, 0.15) is 24.8 Å². The first-order valence-corrected chi connectivity index (χ1v) is 6.53. The lowest BCUT2D eigenvalue weighted by atomic mass is 9.84. The van der Waals surface area contributed by atoms with E-state index in [1.54, 1.807) is 6.08 Å². The molecule has 1 N–H and O–H groups in total. The maximum absolute atomic E-state index is 11.9. The molecule has 0 bridgehead atoms. The van der Waals surface area contributed by atoms with E-state index in [9.17, 15) is 9.90 Å². The highest BCUT2D eigenvalue weighted by Gasteiger charge is 2.55. The summed E-state index contributed by atoms with van der Waals surface area (Å²) in [6.45, 7) is 5.81. The van der Waals surface area contributed by atoms with Crippen LogP contribution in [0, 0.1) is 11.8 Å². The lowest BCUT2D eigenvalue weighted by Crippen LogP contribution is -2.43. The summed E-state index contributed by atoms with van der Waals surface area (Å²) in [6.07, 6.45) is 2.05. The third kappa shape index (κ3) is 2.19. The lowest BCUT2D eigenvalue weighted by Gasteiger charge is -2.26. The van der Waals surface area contributed by atoms with Crippen molar-refractivity contribution in [1.82, 2.24) is 0 Å². The topological polar surface area (TPSA) is 46.5 Å². The number of hydrogen-bond donors (Lipinski definition) is 1. The minimum absolute atomic E-state index is 0.133. The van der Waals surface area contributed by atoms with Crippen LogP contribution in [-0.2, 0) is 9.53 Å². The van der Waals surface area contributed by atoms with Crippen LogP contribution in [0.5, 0.6) is 0 Å². The minimum atomic E-state index is -1.46. The van der Waals surface area contributed by atoms with Gasteiger partial charge in [0.05, 0.1) is 7.11 Å². The molecule has 0 spiro atoms. The van der Waals surface area contributed by atoms with Crippen LogP contribution >= 0.6 is 0 Å². The van der Waals surface area contributed by atoms with Gasteiger partial charge in [0, 0.05) is 5.92 Å². The molecule has 1 aliphatic rings. The molecule has 0 aliphatic heterocycles. The summed E-state index contributed by atoms with van der Waals surface area (Å²) in [5.41, 5.74) is -0.321. The van der Waals surface area contributed by atoms with Crippen LogP contribution in [0.2, 0.25) is 0 Å². The second kappa shape index (κ2) is 5.17. The number of benzene rings is 1. The first kappa shape index (κ1) is 13.8. The number of ether oxygens (including phenoxy) is 1. The van der Waals surface area contributed by atoms with Crippen molar-refractivity contribution in [3.63, 3.8) is 0 Å². The number of methoxy groups -OCH3 is 1. The third-order valence-electron chi connectivity index (χ3n) is 4.30. The molecule has 3 heteroatoms. The van der Waals surface area contributed by atoms with E-state index in [-0.39, 0.29) is 17.8 Å². The molecular weight excluding hydrogens is 240 g/mol. The van der Waals surface area contributed by atoms with Crippen molar-refractivity contribution in [3.05, 3.63) is 48.6 Å². The highest BCUT2D eigenvalue weighted by Crippen LogP contribution is 2.50. The highest BCUT2D eigenvalue weighted by atomic mass is 16.5. The predicted octanol–water partition coefficient (Wildman–Crippen LogP) is 2.52. The molecule has 1 aromatic rings. The average molecular weight is 260 g/mol. The van der Waals surface area contributed by atoms with Crippen molar-refractivity contribution in [2.75, 3.05) is 7.11 Å². The molecule has 0 heterocycles. The molecule has 102 valence electrons. The molecule has 0 aromatic heterocycles. The van der Waals surface area contributed by atoms with Gasteiger partial charge in [-0.05, 0) is 23.8 Å². The van der Waals surface area contributed by atoms with Crippen molar-refractivity contribution in [2.45, 2.75) is 24.9 Å². The molecule has 0 unspecified atom stereocenters. The summed E-state index contributed by atoms with van der Waals surface area (Å²) in [7, 11) is 1.31. The summed E-state index contributed by atoms with van der Waals surface area (Å²) in [6, 6.07) is 9.97. The van der Waals surface area contributed by atoms with Crippen LogP contribution in [0.15, 0.2) is 43.0 Å². The Morgan fingerprint density at radius 2 is 2.11 bits per heavy atom. The molecule has 0 radical (unpaired) electrons. The van der Waals surface area contributed by atoms with Crippen molar-refractivity contribution in [3.8, 4) is 0 Å². The third-order valence-corrected chi connectivity index (χ3v) is 4.30. The maximum Gasteiger partial charge on any atom is 0.338 e. The summed E-state index contributed by atoms with van der Waals surface area (Å²) >= 11 is 0. The molecule has 4 atom stereocenters. The Hall–Kier alpha value is -1.61. The fourth-order valence-corrected chi connectivity index (χ4v) is 3.27. The van der Waals surface area contributed by atoms with Gasteiger partial charge in [0.15, 0.2) is 5.60 Å². The summed E-state index contributed by atoms with van der Waals surface area (Å²) < 4.78 is 4.77. The molecule has 1 fully saturated rings. The van der Waals surface area contributed by atoms with Crippen LogP contribution in [0.4, 0.5) is 0 Å².